The van der Waals surface area contributed by atoms with Crippen molar-refractivity contribution >= 4 is 0 Å². The molecule has 0 aromatic rings. The van der Waals surface area contributed by atoms with E-state index in [4.69, 9.17) is 21.0 Å². The van der Waals surface area contributed by atoms with Crippen molar-refractivity contribution in [1.82, 2.24) is 5.06 Å². The number of nitrogens with zero attached hydrogens (tertiary/aromatic N) is 5. The molecule has 0 aliphatic heterocycles. The fourth-order valence-electron chi connectivity index (χ4n) is 1.68. The van der Waals surface area contributed by atoms with Crippen LogP contribution in [-0.2, 0) is 0 Å². The second-order valence-corrected chi connectivity index (χ2v) is 5.00. The summed E-state index contributed by atoms with van der Waals surface area (Å²) in [5.74, 6) is -2.17. The Balaban J connectivity index is 5.50. The molecule has 6 nitrogen and oxygen atoms in total. The van der Waals surface area contributed by atoms with Crippen molar-refractivity contribution in [3.05, 3.63) is 0 Å². The summed E-state index contributed by atoms with van der Waals surface area (Å²) in [6.07, 6.45) is 0. The molecule has 0 atom stereocenters. The molecule has 0 bridgehead atoms. The zero-order chi connectivity index (χ0) is 14.6. The van der Waals surface area contributed by atoms with Gasteiger partial charge in [0.2, 0.25) is 0 Å². The summed E-state index contributed by atoms with van der Waals surface area (Å²) in [7, 11) is 0. The van der Waals surface area contributed by atoms with Crippen molar-refractivity contribution in [2.45, 2.75) is 38.8 Å². The second-order valence-electron chi connectivity index (χ2n) is 5.00. The topological polar surface area (TPSA) is 119 Å². The summed E-state index contributed by atoms with van der Waals surface area (Å²) in [5.41, 5.74) is -2.39. The highest BCUT2D eigenvalue weighted by Gasteiger charge is 2.47. The number of hydrogen-bond acceptors (Lipinski definition) is 6. The SMILES string of the molecule is CC(C)(C(C#N)C#N)N(O)C(C)(C)C(C#N)C#N. The predicted molar refractivity (Wildman–Crippen MR) is 61.2 cm³/mol. The van der Waals surface area contributed by atoms with Gasteiger partial charge in [-0.1, -0.05) is 0 Å². The van der Waals surface area contributed by atoms with Gasteiger partial charge in [0.05, 0.1) is 35.4 Å². The molecule has 18 heavy (non-hydrogen) atoms. The predicted octanol–water partition coefficient (Wildman–Crippen LogP) is 1.56. The van der Waals surface area contributed by atoms with E-state index in [1.807, 2.05) is 0 Å². The lowest BCUT2D eigenvalue weighted by Gasteiger charge is -2.44. The Bertz CT molecular complexity index is 397. The highest BCUT2D eigenvalue weighted by Crippen LogP contribution is 2.33. The van der Waals surface area contributed by atoms with Crippen LogP contribution in [0.5, 0.6) is 0 Å². The van der Waals surface area contributed by atoms with Crippen molar-refractivity contribution in [3.63, 3.8) is 0 Å². The maximum absolute atomic E-state index is 10.2. The lowest BCUT2D eigenvalue weighted by molar-refractivity contribution is -0.233. The zero-order valence-electron chi connectivity index (χ0n) is 10.8. The van der Waals surface area contributed by atoms with E-state index in [0.717, 1.165) is 5.06 Å². The molecule has 0 heterocycles. The van der Waals surface area contributed by atoms with Gasteiger partial charge in [-0.15, -0.1) is 0 Å². The van der Waals surface area contributed by atoms with E-state index in [-0.39, 0.29) is 0 Å². The lowest BCUT2D eigenvalue weighted by Crippen LogP contribution is -2.59. The number of hydroxylamine groups is 2. The third kappa shape index (κ3) is 2.58. The Kier molecular flexibility index (Phi) is 4.83. The van der Waals surface area contributed by atoms with E-state index in [0.29, 0.717) is 0 Å². The molecule has 0 amide bonds. The summed E-state index contributed by atoms with van der Waals surface area (Å²) in [5, 5.41) is 46.5. The van der Waals surface area contributed by atoms with Crippen LogP contribution in [0, 0.1) is 57.2 Å². The van der Waals surface area contributed by atoms with Crippen molar-refractivity contribution in [2.75, 3.05) is 0 Å². The van der Waals surface area contributed by atoms with Crippen molar-refractivity contribution in [2.24, 2.45) is 11.8 Å². The van der Waals surface area contributed by atoms with Gasteiger partial charge in [-0.3, -0.25) is 0 Å². The standard InChI is InChI=1S/C12H15N5O/c1-11(2,9(5-13)6-14)17(18)12(3,4)10(7-15)8-16/h9-10,18H,1-4H3. The van der Waals surface area contributed by atoms with E-state index in [1.54, 1.807) is 24.3 Å². The summed E-state index contributed by atoms with van der Waals surface area (Å²) in [4.78, 5) is 0. The summed E-state index contributed by atoms with van der Waals surface area (Å²) in [6.45, 7) is 6.05. The largest absolute Gasteiger partial charge is 0.313 e. The molecule has 0 spiro atoms. The maximum Gasteiger partial charge on any atom is 0.153 e. The molecule has 0 aromatic carbocycles. The molecule has 0 unspecified atom stereocenters. The van der Waals surface area contributed by atoms with Crippen LogP contribution in [0.3, 0.4) is 0 Å². The minimum absolute atomic E-state index is 0.758. The van der Waals surface area contributed by atoms with Gasteiger partial charge in [-0.05, 0) is 27.7 Å². The monoisotopic (exact) mass is 245 g/mol. The van der Waals surface area contributed by atoms with Crippen LogP contribution in [0.1, 0.15) is 27.7 Å². The second kappa shape index (κ2) is 5.48. The first kappa shape index (κ1) is 15.9. The molecular weight excluding hydrogens is 230 g/mol. The van der Waals surface area contributed by atoms with Crippen LogP contribution >= 0.6 is 0 Å². The Morgan fingerprint density at radius 1 is 0.778 bits per heavy atom. The quantitative estimate of drug-likeness (QED) is 0.750. The average Bonchev–Trinajstić information content (AvgIpc) is 2.30. The molecule has 0 aliphatic rings. The van der Waals surface area contributed by atoms with Gasteiger partial charge >= 0.3 is 0 Å². The first-order valence-corrected chi connectivity index (χ1v) is 5.27. The van der Waals surface area contributed by atoms with E-state index < -0.39 is 22.9 Å². The Hall–Kier alpha value is -2.12. The molecule has 1 N–H and O–H groups in total. The summed E-state index contributed by atoms with van der Waals surface area (Å²) in [6, 6.07) is 7.17. The fraction of sp³-hybridized carbons (Fsp3) is 0.667. The first-order chi connectivity index (χ1) is 8.19. The first-order valence-electron chi connectivity index (χ1n) is 5.27. The average molecular weight is 245 g/mol. The van der Waals surface area contributed by atoms with Crippen LogP contribution < -0.4 is 0 Å². The third-order valence-corrected chi connectivity index (χ3v) is 3.02. The summed E-state index contributed by atoms with van der Waals surface area (Å²) < 4.78 is 0. The molecule has 0 saturated heterocycles. The highest BCUT2D eigenvalue weighted by molar-refractivity contribution is 5.16. The molecular formula is C12H15N5O. The van der Waals surface area contributed by atoms with E-state index in [9.17, 15) is 5.21 Å². The molecule has 0 saturated carbocycles. The third-order valence-electron chi connectivity index (χ3n) is 3.02. The van der Waals surface area contributed by atoms with Gasteiger partial charge in [0.25, 0.3) is 0 Å². The molecule has 0 radical (unpaired) electrons. The van der Waals surface area contributed by atoms with E-state index in [2.05, 4.69) is 0 Å². The number of nitriles is 4. The molecule has 0 aliphatic carbocycles. The Morgan fingerprint density at radius 3 is 1.17 bits per heavy atom. The van der Waals surface area contributed by atoms with Gasteiger partial charge in [-0.2, -0.15) is 26.1 Å². The lowest BCUT2D eigenvalue weighted by atomic mass is 9.81. The van der Waals surface area contributed by atoms with Crippen molar-refractivity contribution < 1.29 is 5.21 Å². The van der Waals surface area contributed by atoms with Gasteiger partial charge < -0.3 is 5.21 Å². The van der Waals surface area contributed by atoms with Crippen LogP contribution in [0.2, 0.25) is 0 Å². The van der Waals surface area contributed by atoms with E-state index >= 15 is 0 Å². The van der Waals surface area contributed by atoms with Crippen LogP contribution in [-0.4, -0.2) is 21.3 Å². The molecule has 94 valence electrons. The van der Waals surface area contributed by atoms with Crippen molar-refractivity contribution in [1.29, 1.82) is 21.0 Å². The van der Waals surface area contributed by atoms with Gasteiger partial charge in [0.15, 0.2) is 11.8 Å². The van der Waals surface area contributed by atoms with Crippen LogP contribution in [0.4, 0.5) is 0 Å². The number of hydrogen-bond donors (Lipinski definition) is 1. The van der Waals surface area contributed by atoms with Crippen LogP contribution in [0.25, 0.3) is 0 Å². The van der Waals surface area contributed by atoms with E-state index in [1.165, 1.54) is 27.7 Å². The highest BCUT2D eigenvalue weighted by atomic mass is 16.5. The molecule has 6 heteroatoms. The smallest absolute Gasteiger partial charge is 0.153 e. The zero-order valence-corrected chi connectivity index (χ0v) is 10.8. The maximum atomic E-state index is 10.2. The van der Waals surface area contributed by atoms with Crippen LogP contribution in [0.15, 0.2) is 0 Å². The summed E-state index contributed by atoms with van der Waals surface area (Å²) >= 11 is 0. The van der Waals surface area contributed by atoms with Gasteiger partial charge in [0, 0.05) is 0 Å². The Morgan fingerprint density at radius 2 is 1.00 bits per heavy atom. The normalized spacial score (nSPS) is 11.8. The number of rotatable bonds is 4. The molecule has 0 fully saturated rings. The Labute approximate surface area is 107 Å². The molecule has 0 rings (SSSR count). The van der Waals surface area contributed by atoms with Crippen molar-refractivity contribution in [3.8, 4) is 24.3 Å². The van der Waals surface area contributed by atoms with Gasteiger partial charge in [0.1, 0.15) is 0 Å². The van der Waals surface area contributed by atoms with Gasteiger partial charge in [-0.25, -0.2) is 0 Å². The molecule has 0 aromatic heterocycles. The minimum atomic E-state index is -1.20. The minimum Gasteiger partial charge on any atom is -0.313 e. The fourth-order valence-corrected chi connectivity index (χ4v) is 1.68.